The van der Waals surface area contributed by atoms with Crippen LogP contribution in [0.2, 0.25) is 0 Å². The van der Waals surface area contributed by atoms with E-state index < -0.39 is 6.10 Å². The first-order valence-corrected chi connectivity index (χ1v) is 10.3. The predicted octanol–water partition coefficient (Wildman–Crippen LogP) is 4.86. The molecule has 0 spiro atoms. The lowest BCUT2D eigenvalue weighted by Crippen LogP contribution is -2.34. The molecular formula is C25H24N4O2. The van der Waals surface area contributed by atoms with Crippen LogP contribution in [0.25, 0.3) is 33.4 Å². The Balaban J connectivity index is 1.70. The number of pyridine rings is 2. The zero-order chi connectivity index (χ0) is 21.6. The second-order valence-electron chi connectivity index (χ2n) is 7.27. The van der Waals surface area contributed by atoms with Gasteiger partial charge in [-0.05, 0) is 48.4 Å². The Labute approximate surface area is 181 Å². The van der Waals surface area contributed by atoms with Gasteiger partial charge in [0.15, 0.2) is 0 Å². The Kier molecular flexibility index (Phi) is 6.19. The lowest BCUT2D eigenvalue weighted by Gasteiger charge is -2.13. The third-order valence-corrected chi connectivity index (χ3v) is 5.03. The number of carbonyl (C=O) groups excluding carboxylic acids is 1. The molecule has 0 aliphatic rings. The van der Waals surface area contributed by atoms with E-state index in [2.05, 4.69) is 21.7 Å². The largest absolute Gasteiger partial charge is 0.391 e. The minimum atomic E-state index is -0.551. The molecule has 4 rings (SSSR count). The molecule has 0 fully saturated rings. The van der Waals surface area contributed by atoms with Crippen molar-refractivity contribution in [2.45, 2.75) is 19.4 Å². The number of aliphatic hydroxyl groups is 1. The summed E-state index contributed by atoms with van der Waals surface area (Å²) < 4.78 is 0. The van der Waals surface area contributed by atoms with Crippen molar-refractivity contribution < 1.29 is 9.90 Å². The molecule has 3 N–H and O–H groups in total. The fraction of sp³-hybridized carbons (Fsp3) is 0.160. The van der Waals surface area contributed by atoms with Gasteiger partial charge >= 0.3 is 6.03 Å². The van der Waals surface area contributed by atoms with E-state index in [-0.39, 0.29) is 12.6 Å². The third-order valence-electron chi connectivity index (χ3n) is 5.03. The first-order chi connectivity index (χ1) is 15.1. The van der Waals surface area contributed by atoms with Gasteiger partial charge in [0.25, 0.3) is 0 Å². The van der Waals surface area contributed by atoms with E-state index in [4.69, 9.17) is 4.98 Å². The van der Waals surface area contributed by atoms with Gasteiger partial charge in [-0.3, -0.25) is 4.98 Å². The van der Waals surface area contributed by atoms with E-state index in [1.165, 1.54) is 0 Å². The molecule has 6 nitrogen and oxygen atoms in total. The standard InChI is InChI=1S/C25H24N4O2/c1-2-20(30)16-27-25(31)28-19-11-12-22-18(14-19)15-21(17-8-4-3-5-9-17)24(29-22)23-10-6-7-13-26-23/h3-15,20,30H,2,16H2,1H3,(H2,27,28,31). The molecule has 4 aromatic rings. The molecule has 31 heavy (non-hydrogen) atoms. The number of hydrogen-bond acceptors (Lipinski definition) is 4. The number of carbonyl (C=O) groups is 1. The molecule has 0 radical (unpaired) electrons. The third kappa shape index (κ3) is 4.87. The monoisotopic (exact) mass is 412 g/mol. The highest BCUT2D eigenvalue weighted by Gasteiger charge is 2.13. The summed E-state index contributed by atoms with van der Waals surface area (Å²) in [6, 6.07) is 23.2. The zero-order valence-corrected chi connectivity index (χ0v) is 17.2. The van der Waals surface area contributed by atoms with Gasteiger partial charge in [-0.25, -0.2) is 9.78 Å². The van der Waals surface area contributed by atoms with Gasteiger partial charge in [0, 0.05) is 29.4 Å². The van der Waals surface area contributed by atoms with Gasteiger partial charge in [0.1, 0.15) is 0 Å². The van der Waals surface area contributed by atoms with E-state index in [9.17, 15) is 9.90 Å². The van der Waals surface area contributed by atoms with E-state index in [1.54, 1.807) is 6.20 Å². The average Bonchev–Trinajstić information content (AvgIpc) is 2.82. The Morgan fingerprint density at radius 3 is 2.58 bits per heavy atom. The van der Waals surface area contributed by atoms with Crippen LogP contribution in [0.15, 0.2) is 79.0 Å². The fourth-order valence-corrected chi connectivity index (χ4v) is 3.32. The van der Waals surface area contributed by atoms with Crippen molar-refractivity contribution in [3.8, 4) is 22.5 Å². The Morgan fingerprint density at radius 1 is 1.03 bits per heavy atom. The first-order valence-electron chi connectivity index (χ1n) is 10.3. The minimum absolute atomic E-state index is 0.211. The van der Waals surface area contributed by atoms with Gasteiger partial charge in [-0.1, -0.05) is 43.3 Å². The highest BCUT2D eigenvalue weighted by Crippen LogP contribution is 2.33. The molecule has 0 saturated heterocycles. The number of nitrogens with zero attached hydrogens (tertiary/aromatic N) is 2. The van der Waals surface area contributed by atoms with E-state index in [1.807, 2.05) is 73.7 Å². The van der Waals surface area contributed by atoms with Crippen LogP contribution in [0.3, 0.4) is 0 Å². The maximum atomic E-state index is 12.1. The fourth-order valence-electron chi connectivity index (χ4n) is 3.32. The van der Waals surface area contributed by atoms with Crippen molar-refractivity contribution in [2.24, 2.45) is 0 Å². The highest BCUT2D eigenvalue weighted by atomic mass is 16.3. The summed E-state index contributed by atoms with van der Waals surface area (Å²) in [4.78, 5) is 21.5. The number of nitrogens with one attached hydrogen (secondary N) is 2. The maximum absolute atomic E-state index is 12.1. The summed E-state index contributed by atoms with van der Waals surface area (Å²) in [7, 11) is 0. The Bertz CT molecular complexity index is 1180. The molecule has 0 aliphatic carbocycles. The second kappa shape index (κ2) is 9.36. The summed E-state index contributed by atoms with van der Waals surface area (Å²) in [6.07, 6.45) is 1.80. The van der Waals surface area contributed by atoms with Crippen molar-refractivity contribution in [3.05, 3.63) is 79.0 Å². The summed E-state index contributed by atoms with van der Waals surface area (Å²) in [5, 5.41) is 16.0. The highest BCUT2D eigenvalue weighted by molar-refractivity contribution is 5.95. The number of aliphatic hydroxyl groups excluding tert-OH is 1. The number of amides is 2. The van der Waals surface area contributed by atoms with E-state index in [0.29, 0.717) is 12.1 Å². The van der Waals surface area contributed by atoms with Gasteiger partial charge < -0.3 is 15.7 Å². The van der Waals surface area contributed by atoms with Crippen LogP contribution in [-0.2, 0) is 0 Å². The van der Waals surface area contributed by atoms with Gasteiger partial charge in [0.2, 0.25) is 0 Å². The lowest BCUT2D eigenvalue weighted by atomic mass is 9.99. The van der Waals surface area contributed by atoms with Crippen LogP contribution >= 0.6 is 0 Å². The lowest BCUT2D eigenvalue weighted by molar-refractivity contribution is 0.168. The van der Waals surface area contributed by atoms with Crippen LogP contribution in [-0.4, -0.2) is 33.8 Å². The van der Waals surface area contributed by atoms with E-state index in [0.717, 1.165) is 33.4 Å². The smallest absolute Gasteiger partial charge is 0.319 e. The van der Waals surface area contributed by atoms with Crippen LogP contribution in [0.4, 0.5) is 10.5 Å². The SMILES string of the molecule is CCC(O)CNC(=O)Nc1ccc2nc(-c3ccccn3)c(-c3ccccc3)cc2c1. The average molecular weight is 412 g/mol. The topological polar surface area (TPSA) is 87.1 Å². The molecule has 156 valence electrons. The number of anilines is 1. The normalized spacial score (nSPS) is 11.8. The van der Waals surface area contributed by atoms with E-state index >= 15 is 0 Å². The Morgan fingerprint density at radius 2 is 1.84 bits per heavy atom. The maximum Gasteiger partial charge on any atom is 0.319 e. The summed E-state index contributed by atoms with van der Waals surface area (Å²) in [5.41, 5.74) is 5.10. The molecule has 2 amide bonds. The van der Waals surface area contributed by atoms with Crippen LogP contribution in [0.1, 0.15) is 13.3 Å². The number of aromatic nitrogens is 2. The van der Waals surface area contributed by atoms with Gasteiger partial charge in [-0.15, -0.1) is 0 Å². The quantitative estimate of drug-likeness (QED) is 0.422. The van der Waals surface area contributed by atoms with Gasteiger partial charge in [0.05, 0.1) is 23.0 Å². The molecular weight excluding hydrogens is 388 g/mol. The second-order valence-corrected chi connectivity index (χ2v) is 7.27. The zero-order valence-electron chi connectivity index (χ0n) is 17.2. The van der Waals surface area contributed by atoms with Crippen molar-refractivity contribution in [3.63, 3.8) is 0 Å². The number of fused-ring (bicyclic) bond motifs is 1. The van der Waals surface area contributed by atoms with Crippen LogP contribution in [0, 0.1) is 0 Å². The molecule has 0 aliphatic heterocycles. The number of benzene rings is 2. The number of urea groups is 1. The molecule has 2 aromatic heterocycles. The van der Waals surface area contributed by atoms with Crippen LogP contribution in [0.5, 0.6) is 0 Å². The van der Waals surface area contributed by atoms with Gasteiger partial charge in [-0.2, -0.15) is 0 Å². The molecule has 1 unspecified atom stereocenters. The molecule has 0 saturated carbocycles. The molecule has 0 bridgehead atoms. The molecule has 1 atom stereocenters. The summed E-state index contributed by atoms with van der Waals surface area (Å²) in [6.45, 7) is 2.08. The van der Waals surface area contributed by atoms with Crippen molar-refractivity contribution in [1.82, 2.24) is 15.3 Å². The van der Waals surface area contributed by atoms with Crippen molar-refractivity contribution in [2.75, 3.05) is 11.9 Å². The number of rotatable bonds is 6. The molecule has 6 heteroatoms. The van der Waals surface area contributed by atoms with Crippen molar-refractivity contribution >= 4 is 22.6 Å². The van der Waals surface area contributed by atoms with Crippen molar-refractivity contribution in [1.29, 1.82) is 0 Å². The molecule has 2 heterocycles. The molecule has 2 aromatic carbocycles. The predicted molar refractivity (Wildman–Crippen MR) is 124 cm³/mol. The first kappa shape index (κ1) is 20.5. The minimum Gasteiger partial charge on any atom is -0.391 e. The summed E-state index contributed by atoms with van der Waals surface area (Å²) >= 11 is 0. The number of hydrogen-bond donors (Lipinski definition) is 3. The Hall–Kier alpha value is -3.77. The summed E-state index contributed by atoms with van der Waals surface area (Å²) in [5.74, 6) is 0. The van der Waals surface area contributed by atoms with Crippen LogP contribution < -0.4 is 10.6 Å².